The molecule has 3 atom stereocenters. The highest BCUT2D eigenvalue weighted by Crippen LogP contribution is 2.57. The number of pyridine rings is 1. The first-order valence-electron chi connectivity index (χ1n) is 11.3. The molecule has 0 bridgehead atoms. The van der Waals surface area contributed by atoms with Crippen LogP contribution >= 0.6 is 0 Å². The summed E-state index contributed by atoms with van der Waals surface area (Å²) < 4.78 is 5.24. The monoisotopic (exact) mass is 414 g/mol. The molecular weight excluding hydrogens is 384 g/mol. The second kappa shape index (κ2) is 7.37. The molecule has 0 radical (unpaired) electrons. The molecule has 160 valence electrons. The predicted octanol–water partition coefficient (Wildman–Crippen LogP) is 6.16. The minimum Gasteiger partial charge on any atom is -0.469 e. The van der Waals surface area contributed by atoms with Gasteiger partial charge in [0.1, 0.15) is 0 Å². The third kappa shape index (κ3) is 3.12. The maximum atomic E-state index is 12.7. The number of ether oxygens (including phenoxy) is 1. The van der Waals surface area contributed by atoms with Crippen LogP contribution in [0.4, 0.5) is 11.4 Å². The molecule has 31 heavy (non-hydrogen) atoms. The number of hydrogen-bond donors (Lipinski definition) is 1. The highest BCUT2D eigenvalue weighted by Gasteiger charge is 2.55. The van der Waals surface area contributed by atoms with E-state index in [1.807, 2.05) is 12.3 Å². The lowest BCUT2D eigenvalue weighted by Crippen LogP contribution is -2.52. The van der Waals surface area contributed by atoms with Gasteiger partial charge in [-0.15, -0.1) is 0 Å². The van der Waals surface area contributed by atoms with Crippen LogP contribution in [0.1, 0.15) is 50.7 Å². The fourth-order valence-electron chi connectivity index (χ4n) is 6.41. The third-order valence-corrected chi connectivity index (χ3v) is 7.92. The SMILES string of the molecule is COC(=O)C1(C)CCC[C@]2(C)c3ccc(Nc4cccc5cccnc45)cc3CCC12. The Morgan fingerprint density at radius 1 is 1.13 bits per heavy atom. The van der Waals surface area contributed by atoms with Gasteiger partial charge in [0.25, 0.3) is 0 Å². The van der Waals surface area contributed by atoms with Crippen molar-refractivity contribution in [2.24, 2.45) is 11.3 Å². The molecule has 0 aliphatic heterocycles. The molecule has 5 rings (SSSR count). The van der Waals surface area contributed by atoms with E-state index in [9.17, 15) is 4.79 Å². The number of anilines is 2. The van der Waals surface area contributed by atoms with Gasteiger partial charge in [-0.25, -0.2) is 0 Å². The van der Waals surface area contributed by atoms with Crippen molar-refractivity contribution in [3.63, 3.8) is 0 Å². The largest absolute Gasteiger partial charge is 0.469 e. The Kier molecular flexibility index (Phi) is 4.76. The van der Waals surface area contributed by atoms with Gasteiger partial charge in [0, 0.05) is 17.3 Å². The Bertz CT molecular complexity index is 1150. The van der Waals surface area contributed by atoms with Gasteiger partial charge in [-0.05, 0) is 79.3 Å². The van der Waals surface area contributed by atoms with Gasteiger partial charge in [0.15, 0.2) is 0 Å². The number of esters is 1. The summed E-state index contributed by atoms with van der Waals surface area (Å²) in [7, 11) is 1.52. The summed E-state index contributed by atoms with van der Waals surface area (Å²) in [5.74, 6) is 0.267. The number of carbonyl (C=O) groups is 1. The van der Waals surface area contributed by atoms with Gasteiger partial charge in [-0.2, -0.15) is 0 Å². The van der Waals surface area contributed by atoms with E-state index in [2.05, 4.69) is 66.6 Å². The van der Waals surface area contributed by atoms with Crippen molar-refractivity contribution >= 4 is 28.2 Å². The third-order valence-electron chi connectivity index (χ3n) is 7.92. The molecule has 1 saturated carbocycles. The van der Waals surface area contributed by atoms with Crippen LogP contribution in [0, 0.1) is 11.3 Å². The number of carbonyl (C=O) groups excluding carboxylic acids is 1. The lowest BCUT2D eigenvalue weighted by molar-refractivity contribution is -0.161. The van der Waals surface area contributed by atoms with Crippen LogP contribution in [0.2, 0.25) is 0 Å². The average molecular weight is 415 g/mol. The lowest BCUT2D eigenvalue weighted by atomic mass is 9.50. The van der Waals surface area contributed by atoms with E-state index in [1.54, 1.807) is 0 Å². The van der Waals surface area contributed by atoms with Gasteiger partial charge in [0.05, 0.1) is 23.7 Å². The smallest absolute Gasteiger partial charge is 0.311 e. The molecule has 4 heteroatoms. The van der Waals surface area contributed by atoms with Crippen LogP contribution in [0.3, 0.4) is 0 Å². The maximum Gasteiger partial charge on any atom is 0.311 e. The topological polar surface area (TPSA) is 51.2 Å². The van der Waals surface area contributed by atoms with Gasteiger partial charge in [-0.3, -0.25) is 9.78 Å². The molecule has 1 fully saturated rings. The number of rotatable bonds is 3. The molecule has 1 heterocycles. The summed E-state index contributed by atoms with van der Waals surface area (Å²) in [6, 6.07) is 17.0. The Balaban J connectivity index is 1.49. The second-order valence-electron chi connectivity index (χ2n) is 9.65. The number of aromatic nitrogens is 1. The van der Waals surface area contributed by atoms with Crippen molar-refractivity contribution in [2.45, 2.75) is 51.4 Å². The van der Waals surface area contributed by atoms with Crippen LogP contribution in [0.15, 0.2) is 54.7 Å². The van der Waals surface area contributed by atoms with E-state index < -0.39 is 5.41 Å². The van der Waals surface area contributed by atoms with Crippen molar-refractivity contribution in [2.75, 3.05) is 12.4 Å². The molecule has 1 N–H and O–H groups in total. The van der Waals surface area contributed by atoms with Crippen LogP contribution in [-0.2, 0) is 21.4 Å². The highest BCUT2D eigenvalue weighted by molar-refractivity contribution is 5.92. The van der Waals surface area contributed by atoms with E-state index in [4.69, 9.17) is 4.74 Å². The van der Waals surface area contributed by atoms with E-state index in [0.717, 1.165) is 54.4 Å². The van der Waals surface area contributed by atoms with E-state index >= 15 is 0 Å². The highest BCUT2D eigenvalue weighted by atomic mass is 16.5. The van der Waals surface area contributed by atoms with E-state index in [1.165, 1.54) is 18.2 Å². The zero-order chi connectivity index (χ0) is 21.6. The van der Waals surface area contributed by atoms with Crippen LogP contribution in [-0.4, -0.2) is 18.1 Å². The average Bonchev–Trinajstić information content (AvgIpc) is 2.78. The first-order valence-corrected chi connectivity index (χ1v) is 11.3. The fourth-order valence-corrected chi connectivity index (χ4v) is 6.41. The quantitative estimate of drug-likeness (QED) is 0.521. The number of benzene rings is 2. The first kappa shape index (κ1) is 20.0. The summed E-state index contributed by atoms with van der Waals surface area (Å²) in [6.45, 7) is 4.48. The number of fused-ring (bicyclic) bond motifs is 4. The normalized spacial score (nSPS) is 27.3. The van der Waals surface area contributed by atoms with E-state index in [-0.39, 0.29) is 11.4 Å². The molecule has 0 spiro atoms. The zero-order valence-electron chi connectivity index (χ0n) is 18.6. The number of para-hydroxylation sites is 1. The standard InChI is InChI=1S/C27H30N2O2/c1-26-14-6-15-27(2,25(30)31-3)23(26)13-10-19-17-20(11-12-21(19)26)29-22-9-4-7-18-8-5-16-28-24(18)22/h4-5,7-9,11-12,16-17,23,29H,6,10,13-15H2,1-3H3/t23?,26-,27?/m1/s1. The summed E-state index contributed by atoms with van der Waals surface area (Å²) in [5, 5.41) is 4.72. The number of nitrogens with one attached hydrogen (secondary N) is 1. The number of methoxy groups -OCH3 is 1. The summed E-state index contributed by atoms with van der Waals surface area (Å²) in [6.07, 6.45) is 6.95. The fraction of sp³-hybridized carbons (Fsp3) is 0.407. The van der Waals surface area contributed by atoms with Gasteiger partial charge >= 0.3 is 5.97 Å². The Labute approximate surface area is 184 Å². The first-order chi connectivity index (χ1) is 15.0. The van der Waals surface area contributed by atoms with Crippen molar-refractivity contribution in [3.8, 4) is 0 Å². The predicted molar refractivity (Wildman–Crippen MR) is 125 cm³/mol. The van der Waals surface area contributed by atoms with Gasteiger partial charge in [0.2, 0.25) is 0 Å². The Morgan fingerprint density at radius 2 is 1.97 bits per heavy atom. The van der Waals surface area contributed by atoms with E-state index in [0.29, 0.717) is 5.92 Å². The second-order valence-corrected chi connectivity index (χ2v) is 9.65. The number of aryl methyl sites for hydroxylation is 1. The molecule has 2 aliphatic rings. The summed E-state index contributed by atoms with van der Waals surface area (Å²) in [5.41, 5.74) is 5.50. The summed E-state index contributed by atoms with van der Waals surface area (Å²) in [4.78, 5) is 17.3. The van der Waals surface area contributed by atoms with Crippen molar-refractivity contribution < 1.29 is 9.53 Å². The molecule has 3 aromatic rings. The van der Waals surface area contributed by atoms with Crippen LogP contribution < -0.4 is 5.32 Å². The molecule has 1 aromatic heterocycles. The lowest BCUT2D eigenvalue weighted by Gasteiger charge is -2.54. The molecule has 4 nitrogen and oxygen atoms in total. The minimum absolute atomic E-state index is 0.00824. The maximum absolute atomic E-state index is 12.7. The molecule has 2 aromatic carbocycles. The molecule has 0 saturated heterocycles. The minimum atomic E-state index is -0.398. The Hall–Kier alpha value is -2.88. The van der Waals surface area contributed by atoms with Crippen molar-refractivity contribution in [3.05, 3.63) is 65.9 Å². The molecule has 0 amide bonds. The van der Waals surface area contributed by atoms with Crippen molar-refractivity contribution in [1.82, 2.24) is 4.98 Å². The van der Waals surface area contributed by atoms with Crippen LogP contribution in [0.25, 0.3) is 10.9 Å². The zero-order valence-corrected chi connectivity index (χ0v) is 18.6. The van der Waals surface area contributed by atoms with Gasteiger partial charge < -0.3 is 10.1 Å². The van der Waals surface area contributed by atoms with Crippen molar-refractivity contribution in [1.29, 1.82) is 0 Å². The molecule has 2 unspecified atom stereocenters. The van der Waals surface area contributed by atoms with Gasteiger partial charge in [-0.1, -0.05) is 37.6 Å². The molecular formula is C27H30N2O2. The number of hydrogen-bond acceptors (Lipinski definition) is 4. The van der Waals surface area contributed by atoms with Crippen LogP contribution in [0.5, 0.6) is 0 Å². The Morgan fingerprint density at radius 3 is 2.81 bits per heavy atom. The molecule has 2 aliphatic carbocycles. The number of nitrogens with zero attached hydrogens (tertiary/aromatic N) is 1. The summed E-state index contributed by atoms with van der Waals surface area (Å²) >= 11 is 0.